The number of anilines is 1. The van der Waals surface area contributed by atoms with E-state index >= 15 is 0 Å². The minimum atomic E-state index is -1.33. The van der Waals surface area contributed by atoms with Crippen LogP contribution in [-0.4, -0.2) is 53.7 Å². The molecule has 3 aliphatic rings. The number of piperidine rings is 3. The van der Waals surface area contributed by atoms with Gasteiger partial charge in [-0.1, -0.05) is 30.3 Å². The molecular weight excluding hydrogens is 374 g/mol. The standard InChI is InChI=1S/C21H21N3O5/c25-19(28-17-13-24-11-8-14(17)9-12-24)20(26)29-21(27)23-16-7-4-10-22-18(16)15-5-2-1-3-6-15/h1-7,10,14,17H,8-9,11-13H2,(H,23,27). The number of carbonyl (C=O) groups is 3. The third kappa shape index (κ3) is 4.43. The van der Waals surface area contributed by atoms with Crippen LogP contribution < -0.4 is 5.32 Å². The molecule has 2 aromatic rings. The molecule has 4 heterocycles. The zero-order valence-electron chi connectivity index (χ0n) is 15.7. The maximum atomic E-state index is 12.1. The summed E-state index contributed by atoms with van der Waals surface area (Å²) in [5, 5.41) is 2.46. The normalized spacial score (nSPS) is 22.6. The summed E-state index contributed by atoms with van der Waals surface area (Å²) in [4.78, 5) is 42.6. The zero-order valence-corrected chi connectivity index (χ0v) is 15.7. The van der Waals surface area contributed by atoms with Gasteiger partial charge in [0.15, 0.2) is 0 Å². The minimum absolute atomic E-state index is 0.259. The Morgan fingerprint density at radius 3 is 2.45 bits per heavy atom. The SMILES string of the molecule is O=C(Nc1cccnc1-c1ccccc1)OC(=O)C(=O)OC1CN2CCC1CC2. The summed E-state index contributed by atoms with van der Waals surface area (Å²) in [5.74, 6) is -2.22. The molecule has 1 N–H and O–H groups in total. The van der Waals surface area contributed by atoms with Gasteiger partial charge in [0.05, 0.1) is 11.4 Å². The number of benzene rings is 1. The second-order valence-corrected chi connectivity index (χ2v) is 7.15. The Morgan fingerprint density at radius 2 is 1.76 bits per heavy atom. The number of esters is 2. The van der Waals surface area contributed by atoms with Gasteiger partial charge >= 0.3 is 18.0 Å². The number of hydrogen-bond donors (Lipinski definition) is 1. The first kappa shape index (κ1) is 19.1. The Balaban J connectivity index is 1.35. The molecule has 2 bridgehead atoms. The molecule has 8 nitrogen and oxygen atoms in total. The Morgan fingerprint density at radius 1 is 1.00 bits per heavy atom. The highest BCUT2D eigenvalue weighted by Gasteiger charge is 2.38. The maximum absolute atomic E-state index is 12.1. The lowest BCUT2D eigenvalue weighted by atomic mass is 9.86. The average molecular weight is 395 g/mol. The largest absolute Gasteiger partial charge is 0.452 e. The van der Waals surface area contributed by atoms with Gasteiger partial charge in [0.2, 0.25) is 0 Å². The van der Waals surface area contributed by atoms with Crippen LogP contribution in [0.25, 0.3) is 11.3 Å². The van der Waals surface area contributed by atoms with Crippen LogP contribution in [0.1, 0.15) is 12.8 Å². The Bertz CT molecular complexity index is 910. The summed E-state index contributed by atoms with van der Waals surface area (Å²) < 4.78 is 9.91. The van der Waals surface area contributed by atoms with E-state index in [1.807, 2.05) is 30.3 Å². The number of amides is 1. The van der Waals surface area contributed by atoms with Gasteiger partial charge in [-0.25, -0.2) is 14.4 Å². The van der Waals surface area contributed by atoms with Crippen molar-refractivity contribution in [2.24, 2.45) is 5.92 Å². The third-order valence-corrected chi connectivity index (χ3v) is 5.30. The van der Waals surface area contributed by atoms with E-state index in [4.69, 9.17) is 4.74 Å². The van der Waals surface area contributed by atoms with Crippen LogP contribution >= 0.6 is 0 Å². The lowest BCUT2D eigenvalue weighted by Gasteiger charge is -2.43. The molecule has 1 unspecified atom stereocenters. The summed E-state index contributed by atoms with van der Waals surface area (Å²) in [6, 6.07) is 12.5. The molecule has 0 radical (unpaired) electrons. The Hall–Kier alpha value is -3.26. The topological polar surface area (TPSA) is 97.8 Å². The zero-order chi connectivity index (χ0) is 20.2. The van der Waals surface area contributed by atoms with Crippen molar-refractivity contribution in [1.29, 1.82) is 0 Å². The maximum Gasteiger partial charge on any atom is 0.426 e. The van der Waals surface area contributed by atoms with Crippen LogP contribution in [0, 0.1) is 5.92 Å². The van der Waals surface area contributed by atoms with Crippen LogP contribution in [0.15, 0.2) is 48.7 Å². The van der Waals surface area contributed by atoms with Crippen LogP contribution in [0.2, 0.25) is 0 Å². The van der Waals surface area contributed by atoms with E-state index in [-0.39, 0.29) is 12.0 Å². The van der Waals surface area contributed by atoms with Crippen molar-refractivity contribution in [1.82, 2.24) is 9.88 Å². The molecule has 1 aromatic heterocycles. The fourth-order valence-electron chi connectivity index (χ4n) is 3.82. The van der Waals surface area contributed by atoms with Crippen molar-refractivity contribution in [3.63, 3.8) is 0 Å². The van der Waals surface area contributed by atoms with Gasteiger partial charge in [0, 0.05) is 18.3 Å². The molecule has 3 saturated heterocycles. The number of nitrogens with zero attached hydrogens (tertiary/aromatic N) is 2. The molecule has 1 atom stereocenters. The van der Waals surface area contributed by atoms with Crippen LogP contribution in [-0.2, 0) is 19.1 Å². The molecule has 3 aliphatic heterocycles. The molecule has 29 heavy (non-hydrogen) atoms. The summed E-state index contributed by atoms with van der Waals surface area (Å²) >= 11 is 0. The number of fused-ring (bicyclic) bond motifs is 3. The van der Waals surface area contributed by atoms with E-state index in [0.717, 1.165) is 31.5 Å². The van der Waals surface area contributed by atoms with Gasteiger partial charge in [-0.05, 0) is 44.0 Å². The number of rotatable bonds is 3. The first-order valence-electron chi connectivity index (χ1n) is 9.57. The molecule has 1 amide bonds. The van der Waals surface area contributed by atoms with E-state index in [0.29, 0.717) is 17.9 Å². The van der Waals surface area contributed by atoms with E-state index < -0.39 is 18.0 Å². The first-order chi connectivity index (χ1) is 14.1. The number of pyridine rings is 1. The monoisotopic (exact) mass is 395 g/mol. The number of hydrogen-bond acceptors (Lipinski definition) is 7. The van der Waals surface area contributed by atoms with Gasteiger partial charge in [0.1, 0.15) is 6.10 Å². The summed E-state index contributed by atoms with van der Waals surface area (Å²) in [6.45, 7) is 2.59. The van der Waals surface area contributed by atoms with Crippen molar-refractivity contribution in [2.45, 2.75) is 18.9 Å². The fraction of sp³-hybridized carbons (Fsp3) is 0.333. The lowest BCUT2D eigenvalue weighted by Crippen LogP contribution is -2.52. The predicted molar refractivity (Wildman–Crippen MR) is 104 cm³/mol. The van der Waals surface area contributed by atoms with Crippen molar-refractivity contribution in [3.8, 4) is 11.3 Å². The average Bonchev–Trinajstić information content (AvgIpc) is 2.75. The molecule has 150 valence electrons. The van der Waals surface area contributed by atoms with E-state index in [1.54, 1.807) is 18.3 Å². The summed E-state index contributed by atoms with van der Waals surface area (Å²) in [7, 11) is 0. The molecule has 0 aliphatic carbocycles. The number of aromatic nitrogens is 1. The number of ether oxygens (including phenoxy) is 2. The molecule has 5 rings (SSSR count). The molecule has 1 aromatic carbocycles. The number of nitrogens with one attached hydrogen (secondary N) is 1. The highest BCUT2D eigenvalue weighted by molar-refractivity contribution is 6.31. The van der Waals surface area contributed by atoms with Crippen molar-refractivity contribution < 1.29 is 23.9 Å². The van der Waals surface area contributed by atoms with Crippen molar-refractivity contribution >= 4 is 23.7 Å². The third-order valence-electron chi connectivity index (χ3n) is 5.30. The van der Waals surface area contributed by atoms with Gasteiger partial charge in [-0.2, -0.15) is 0 Å². The highest BCUT2D eigenvalue weighted by Crippen LogP contribution is 2.29. The minimum Gasteiger partial charge on any atom is -0.452 e. The van der Waals surface area contributed by atoms with Crippen molar-refractivity contribution in [3.05, 3.63) is 48.7 Å². The molecular formula is C21H21N3O5. The second-order valence-electron chi connectivity index (χ2n) is 7.15. The summed E-state index contributed by atoms with van der Waals surface area (Å²) in [6.07, 6.45) is 2.08. The van der Waals surface area contributed by atoms with Gasteiger partial charge in [-0.15, -0.1) is 0 Å². The second kappa shape index (κ2) is 8.40. The number of carbonyl (C=O) groups excluding carboxylic acids is 3. The van der Waals surface area contributed by atoms with Gasteiger partial charge in [-0.3, -0.25) is 15.2 Å². The molecule has 3 fully saturated rings. The summed E-state index contributed by atoms with van der Waals surface area (Å²) in [5.41, 5.74) is 1.67. The Kier molecular flexibility index (Phi) is 5.53. The van der Waals surface area contributed by atoms with Gasteiger partial charge in [0.25, 0.3) is 0 Å². The predicted octanol–water partition coefficient (Wildman–Crippen LogP) is 2.46. The highest BCUT2D eigenvalue weighted by atomic mass is 16.6. The molecule has 8 heteroatoms. The quantitative estimate of drug-likeness (QED) is 0.484. The van der Waals surface area contributed by atoms with Crippen LogP contribution in [0.3, 0.4) is 0 Å². The van der Waals surface area contributed by atoms with E-state index in [9.17, 15) is 14.4 Å². The van der Waals surface area contributed by atoms with Crippen LogP contribution in [0.4, 0.5) is 10.5 Å². The van der Waals surface area contributed by atoms with Crippen molar-refractivity contribution in [2.75, 3.05) is 25.0 Å². The van der Waals surface area contributed by atoms with Crippen LogP contribution in [0.5, 0.6) is 0 Å². The lowest BCUT2D eigenvalue weighted by molar-refractivity contribution is -0.173. The van der Waals surface area contributed by atoms with Gasteiger partial charge < -0.3 is 9.47 Å². The smallest absolute Gasteiger partial charge is 0.426 e. The first-order valence-corrected chi connectivity index (χ1v) is 9.57. The molecule has 0 saturated carbocycles. The molecule has 0 spiro atoms. The Labute approximate surface area is 167 Å². The van der Waals surface area contributed by atoms with E-state index in [1.165, 1.54) is 0 Å². The fourth-order valence-corrected chi connectivity index (χ4v) is 3.82. The van der Waals surface area contributed by atoms with E-state index in [2.05, 4.69) is 19.9 Å².